The van der Waals surface area contributed by atoms with Gasteiger partial charge in [-0.25, -0.2) is 22.9 Å². The van der Waals surface area contributed by atoms with E-state index in [0.29, 0.717) is 0 Å². The lowest BCUT2D eigenvalue weighted by Crippen LogP contribution is -2.15. The van der Waals surface area contributed by atoms with Crippen LogP contribution in [0.25, 0.3) is 0 Å². The highest BCUT2D eigenvalue weighted by Gasteiger charge is 2.29. The van der Waals surface area contributed by atoms with Crippen LogP contribution in [0.3, 0.4) is 0 Å². The summed E-state index contributed by atoms with van der Waals surface area (Å²) < 4.78 is 69.7. The van der Waals surface area contributed by atoms with Crippen molar-refractivity contribution in [2.45, 2.75) is 6.92 Å². The molecule has 0 aliphatic heterocycles. The van der Waals surface area contributed by atoms with Crippen molar-refractivity contribution in [3.63, 3.8) is 0 Å². The zero-order valence-electron chi connectivity index (χ0n) is 10.8. The van der Waals surface area contributed by atoms with Crippen LogP contribution in [-0.2, 0) is 0 Å². The number of nitrogens with zero attached hydrogens (tertiary/aromatic N) is 1. The molecule has 1 N–H and O–H groups in total. The molecule has 0 aliphatic carbocycles. The molecule has 0 bridgehead atoms. The second kappa shape index (κ2) is 5.58. The lowest BCUT2D eigenvalue weighted by Gasteiger charge is -2.09. The number of rotatable bonds is 2. The number of pyridine rings is 1. The molecule has 1 aromatic carbocycles. The first-order valence-corrected chi connectivity index (χ1v) is 5.64. The van der Waals surface area contributed by atoms with E-state index < -0.39 is 52.2 Å². The summed E-state index contributed by atoms with van der Waals surface area (Å²) in [4.78, 5) is 15.2. The van der Waals surface area contributed by atoms with Crippen LogP contribution in [0.1, 0.15) is 16.2 Å². The van der Waals surface area contributed by atoms with Crippen LogP contribution >= 0.6 is 0 Å². The molecule has 0 saturated carbocycles. The van der Waals surface area contributed by atoms with Gasteiger partial charge in [0.05, 0.1) is 0 Å². The summed E-state index contributed by atoms with van der Waals surface area (Å²) >= 11 is 0. The molecule has 0 aliphatic rings. The van der Waals surface area contributed by atoms with E-state index in [1.165, 1.54) is 13.0 Å². The van der Waals surface area contributed by atoms with E-state index >= 15 is 0 Å². The second-order valence-electron chi connectivity index (χ2n) is 4.11. The van der Waals surface area contributed by atoms with Gasteiger partial charge < -0.3 is 9.84 Å². The number of aromatic nitrogens is 1. The number of hydrogen-bond acceptors (Lipinski definition) is 4. The van der Waals surface area contributed by atoms with E-state index in [1.807, 2.05) is 0 Å². The van der Waals surface area contributed by atoms with Gasteiger partial charge in [0.2, 0.25) is 34.8 Å². The Hall–Kier alpha value is -2.71. The Bertz CT molecular complexity index is 750. The summed E-state index contributed by atoms with van der Waals surface area (Å²) in [5.74, 6) is -15.6. The van der Waals surface area contributed by atoms with Gasteiger partial charge in [0, 0.05) is 5.69 Å². The Morgan fingerprint density at radius 2 is 1.50 bits per heavy atom. The predicted molar refractivity (Wildman–Crippen MR) is 61.8 cm³/mol. The number of benzene rings is 1. The van der Waals surface area contributed by atoms with Gasteiger partial charge in [0.15, 0.2) is 5.69 Å². The summed E-state index contributed by atoms with van der Waals surface area (Å²) in [6.07, 6.45) is 0. The van der Waals surface area contributed by atoms with E-state index in [-0.39, 0.29) is 5.69 Å². The minimum Gasteiger partial charge on any atom is -0.505 e. The second-order valence-corrected chi connectivity index (χ2v) is 4.11. The Balaban J connectivity index is 2.47. The van der Waals surface area contributed by atoms with Gasteiger partial charge in [0.1, 0.15) is 5.75 Å². The first kappa shape index (κ1) is 15.7. The van der Waals surface area contributed by atoms with Crippen molar-refractivity contribution in [1.82, 2.24) is 4.98 Å². The third-order valence-corrected chi connectivity index (χ3v) is 2.57. The first-order valence-electron chi connectivity index (χ1n) is 5.64. The topological polar surface area (TPSA) is 59.4 Å². The van der Waals surface area contributed by atoms with Crippen LogP contribution in [0.5, 0.6) is 11.5 Å². The average molecular weight is 319 g/mol. The quantitative estimate of drug-likeness (QED) is 0.304. The smallest absolute Gasteiger partial charge is 0.366 e. The maximum atomic E-state index is 13.4. The molecule has 116 valence electrons. The first-order chi connectivity index (χ1) is 10.2. The largest absolute Gasteiger partial charge is 0.505 e. The van der Waals surface area contributed by atoms with E-state index in [0.717, 1.165) is 6.07 Å². The molecule has 9 heteroatoms. The number of ether oxygens (including phenoxy) is 1. The Morgan fingerprint density at radius 3 is 2.05 bits per heavy atom. The molecule has 0 unspecified atom stereocenters. The molecule has 1 heterocycles. The third-order valence-electron chi connectivity index (χ3n) is 2.57. The van der Waals surface area contributed by atoms with Gasteiger partial charge in [-0.2, -0.15) is 8.78 Å². The molecule has 0 saturated heterocycles. The number of aryl methyl sites for hydroxylation is 1. The molecule has 4 nitrogen and oxygen atoms in total. The van der Waals surface area contributed by atoms with Gasteiger partial charge in [0.25, 0.3) is 0 Å². The van der Waals surface area contributed by atoms with Crippen LogP contribution in [-0.4, -0.2) is 16.1 Å². The molecular formula is C13H6F5NO3. The van der Waals surface area contributed by atoms with Gasteiger partial charge in [-0.05, 0) is 19.1 Å². The monoisotopic (exact) mass is 319 g/mol. The zero-order chi connectivity index (χ0) is 16.6. The van der Waals surface area contributed by atoms with Gasteiger partial charge in [-0.1, -0.05) is 0 Å². The molecular weight excluding hydrogens is 313 g/mol. The van der Waals surface area contributed by atoms with Gasteiger partial charge in [-0.3, -0.25) is 0 Å². The summed E-state index contributed by atoms with van der Waals surface area (Å²) in [6.45, 7) is 1.44. The number of hydrogen-bond donors (Lipinski definition) is 1. The van der Waals surface area contributed by atoms with Gasteiger partial charge in [-0.15, -0.1) is 0 Å². The van der Waals surface area contributed by atoms with E-state index in [1.54, 1.807) is 0 Å². The van der Waals surface area contributed by atoms with E-state index in [2.05, 4.69) is 9.72 Å². The summed E-state index contributed by atoms with van der Waals surface area (Å²) in [5.41, 5.74) is -0.480. The highest BCUT2D eigenvalue weighted by Crippen LogP contribution is 2.30. The summed E-state index contributed by atoms with van der Waals surface area (Å²) in [5, 5.41) is 9.42. The average Bonchev–Trinajstić information content (AvgIpc) is 2.49. The Morgan fingerprint density at radius 1 is 1.00 bits per heavy atom. The fraction of sp³-hybridized carbons (Fsp3) is 0.0769. The third kappa shape index (κ3) is 2.57. The predicted octanol–water partition coefficient (Wildman–Crippen LogP) is 3.01. The van der Waals surface area contributed by atoms with Crippen molar-refractivity contribution in [3.8, 4) is 11.5 Å². The van der Waals surface area contributed by atoms with Crippen LogP contribution in [0, 0.1) is 36.0 Å². The van der Waals surface area contributed by atoms with E-state index in [4.69, 9.17) is 0 Å². The fourth-order valence-corrected chi connectivity index (χ4v) is 1.51. The SMILES string of the molecule is Cc1ccc(O)c(C(=O)Oc2c(F)c(F)c(F)c(F)c2F)n1. The van der Waals surface area contributed by atoms with Crippen molar-refractivity contribution in [1.29, 1.82) is 0 Å². The molecule has 0 radical (unpaired) electrons. The number of aromatic hydroxyl groups is 1. The lowest BCUT2D eigenvalue weighted by atomic mass is 10.2. The molecule has 2 rings (SSSR count). The Kier molecular flexibility index (Phi) is 3.98. The number of halogens is 5. The minimum atomic E-state index is -2.38. The number of carbonyl (C=O) groups is 1. The van der Waals surface area contributed by atoms with E-state index in [9.17, 15) is 31.9 Å². The molecule has 0 atom stereocenters. The molecule has 2 aromatic rings. The normalized spacial score (nSPS) is 10.6. The highest BCUT2D eigenvalue weighted by molar-refractivity contribution is 5.91. The molecule has 1 aromatic heterocycles. The molecule has 22 heavy (non-hydrogen) atoms. The number of esters is 1. The molecule has 0 amide bonds. The lowest BCUT2D eigenvalue weighted by molar-refractivity contribution is 0.0706. The highest BCUT2D eigenvalue weighted by atomic mass is 19.2. The van der Waals surface area contributed by atoms with Crippen molar-refractivity contribution in [2.75, 3.05) is 0 Å². The van der Waals surface area contributed by atoms with Crippen molar-refractivity contribution < 1.29 is 36.6 Å². The van der Waals surface area contributed by atoms with Crippen LogP contribution in [0.4, 0.5) is 22.0 Å². The van der Waals surface area contributed by atoms with Crippen molar-refractivity contribution >= 4 is 5.97 Å². The zero-order valence-corrected chi connectivity index (χ0v) is 10.8. The van der Waals surface area contributed by atoms with Crippen molar-refractivity contribution in [3.05, 3.63) is 52.6 Å². The maximum absolute atomic E-state index is 13.4. The summed E-state index contributed by atoms with van der Waals surface area (Å²) in [6, 6.07) is 2.38. The molecule has 0 fully saturated rings. The standard InChI is InChI=1S/C13H6F5NO3/c1-4-2-3-5(20)11(19-4)13(21)22-12-9(17)7(15)6(14)8(16)10(12)18/h2-3,20H,1H3. The van der Waals surface area contributed by atoms with Crippen molar-refractivity contribution in [2.24, 2.45) is 0 Å². The van der Waals surface area contributed by atoms with Gasteiger partial charge >= 0.3 is 5.97 Å². The van der Waals surface area contributed by atoms with Crippen LogP contribution < -0.4 is 4.74 Å². The van der Waals surface area contributed by atoms with Crippen LogP contribution in [0.2, 0.25) is 0 Å². The van der Waals surface area contributed by atoms with Crippen LogP contribution in [0.15, 0.2) is 12.1 Å². The minimum absolute atomic E-state index is 0.252. The summed E-state index contributed by atoms with van der Waals surface area (Å²) in [7, 11) is 0. The molecule has 0 spiro atoms. The Labute approximate surface area is 119 Å². The number of carbonyl (C=O) groups excluding carboxylic acids is 1. The fourth-order valence-electron chi connectivity index (χ4n) is 1.51. The maximum Gasteiger partial charge on any atom is 0.366 e.